The number of hydrogen-bond donors (Lipinski definition) is 0. The van der Waals surface area contributed by atoms with Gasteiger partial charge in [0.2, 0.25) is 0 Å². The summed E-state index contributed by atoms with van der Waals surface area (Å²) in [6.45, 7) is 9.13. The number of carbonyl (C=O) groups is 2. The van der Waals surface area contributed by atoms with Crippen molar-refractivity contribution in [3.63, 3.8) is 0 Å². The first-order valence-electron chi connectivity index (χ1n) is 5.38. The molecule has 1 fully saturated rings. The van der Waals surface area contributed by atoms with Crippen molar-refractivity contribution in [2.24, 2.45) is 5.92 Å². The summed E-state index contributed by atoms with van der Waals surface area (Å²) in [5.74, 6) is -3.03. The molecule has 0 aromatic carbocycles. The van der Waals surface area contributed by atoms with E-state index >= 15 is 0 Å². The van der Waals surface area contributed by atoms with Crippen molar-refractivity contribution in [3.05, 3.63) is 14.4 Å². The second-order valence-corrected chi connectivity index (χ2v) is 5.57. The molecular weight excluding hydrogens is 445 g/mol. The Morgan fingerprint density at radius 1 is 1.53 bits per heavy atom. The molecule has 0 aliphatic carbocycles. The molecule has 2 unspecified atom stereocenters. The molecule has 1 radical (unpaired) electrons. The molecular formula is C12H19BrO5Pr-2. The number of alkyl halides is 1. The van der Waals surface area contributed by atoms with Crippen LogP contribution in [0.3, 0.4) is 0 Å². The third kappa shape index (κ3) is 5.21. The first-order valence-corrected chi connectivity index (χ1v) is 6.18. The maximum Gasteiger partial charge on any atom is 0.379 e. The van der Waals surface area contributed by atoms with Crippen LogP contribution < -0.4 is 0 Å². The Kier molecular flexibility index (Phi) is 9.57. The maximum atomic E-state index is 11.9. The fraction of sp³-hybridized carbons (Fsp3) is 0.667. The monoisotopic (exact) mass is 463 g/mol. The fourth-order valence-corrected chi connectivity index (χ4v) is 1.92. The zero-order valence-electron chi connectivity index (χ0n) is 11.7. The van der Waals surface area contributed by atoms with E-state index in [2.05, 4.69) is 22.9 Å². The van der Waals surface area contributed by atoms with Gasteiger partial charge in [0, 0.05) is 47.7 Å². The third-order valence-electron chi connectivity index (χ3n) is 2.15. The van der Waals surface area contributed by atoms with E-state index in [4.69, 9.17) is 14.2 Å². The molecule has 0 bridgehead atoms. The van der Waals surface area contributed by atoms with Gasteiger partial charge in [-0.1, -0.05) is 29.8 Å². The zero-order valence-corrected chi connectivity index (χ0v) is 17.0. The predicted molar refractivity (Wildman–Crippen MR) is 69.4 cm³/mol. The molecule has 5 nitrogen and oxygen atoms in total. The van der Waals surface area contributed by atoms with Gasteiger partial charge in [-0.2, -0.15) is 0 Å². The van der Waals surface area contributed by atoms with Crippen molar-refractivity contribution in [1.82, 2.24) is 0 Å². The Hall–Kier alpha value is 0.744. The number of ether oxygens (including phenoxy) is 3. The van der Waals surface area contributed by atoms with Crippen LogP contribution in [0.2, 0.25) is 0 Å². The second kappa shape index (κ2) is 8.25. The van der Waals surface area contributed by atoms with E-state index in [-0.39, 0.29) is 67.7 Å². The molecule has 0 spiro atoms. The van der Waals surface area contributed by atoms with E-state index in [0.29, 0.717) is 0 Å². The molecule has 1 saturated heterocycles. The van der Waals surface area contributed by atoms with Crippen LogP contribution in [0.4, 0.5) is 0 Å². The number of rotatable bonds is 4. The van der Waals surface area contributed by atoms with Crippen LogP contribution in [0.5, 0.6) is 0 Å². The van der Waals surface area contributed by atoms with Crippen LogP contribution in [0, 0.1) is 61.6 Å². The summed E-state index contributed by atoms with van der Waals surface area (Å²) in [4.78, 5) is 23.4. The molecule has 1 aliphatic heterocycles. The second-order valence-electron chi connectivity index (χ2n) is 4.29. The standard InChI is InChI=1S/C11H16BrO5.CH3.Pr/c1-5-15-9(14)11(6-7(2)3)16-8(13)10(4,12)17-11;;/h7H,4-6H2,1-3H3;1H3;/q2*-1;. The van der Waals surface area contributed by atoms with Crippen LogP contribution in [0.15, 0.2) is 0 Å². The summed E-state index contributed by atoms with van der Waals surface area (Å²) in [6.07, 6.45) is 0.223. The summed E-state index contributed by atoms with van der Waals surface area (Å²) in [5, 5.41) is 0. The summed E-state index contributed by atoms with van der Waals surface area (Å²) >= 11 is 2.98. The van der Waals surface area contributed by atoms with E-state index in [9.17, 15) is 9.59 Å². The maximum absolute atomic E-state index is 11.9. The quantitative estimate of drug-likeness (QED) is 0.363. The normalized spacial score (nSPS) is 29.3. The first kappa shape index (κ1) is 22.0. The third-order valence-corrected chi connectivity index (χ3v) is 2.64. The fourth-order valence-electron chi connectivity index (χ4n) is 1.58. The average Bonchev–Trinajstić information content (AvgIpc) is 2.37. The molecule has 19 heavy (non-hydrogen) atoms. The minimum absolute atomic E-state index is 0. The Balaban J connectivity index is 0. The van der Waals surface area contributed by atoms with Crippen molar-refractivity contribution in [2.75, 3.05) is 6.61 Å². The van der Waals surface area contributed by atoms with Gasteiger partial charge in [-0.25, -0.2) is 4.79 Å². The number of cyclic esters (lactones) is 1. The van der Waals surface area contributed by atoms with Gasteiger partial charge < -0.3 is 21.6 Å². The summed E-state index contributed by atoms with van der Waals surface area (Å²) in [6, 6.07) is 0. The van der Waals surface area contributed by atoms with Crippen LogP contribution in [-0.2, 0) is 23.8 Å². The molecule has 0 aromatic heterocycles. The average molecular weight is 464 g/mol. The largest absolute Gasteiger partial charge is 0.461 e. The van der Waals surface area contributed by atoms with Crippen molar-refractivity contribution in [1.29, 1.82) is 0 Å². The van der Waals surface area contributed by atoms with Crippen LogP contribution in [-0.4, -0.2) is 28.8 Å². The molecule has 1 aliphatic rings. The number of esters is 2. The van der Waals surface area contributed by atoms with E-state index < -0.39 is 22.2 Å². The molecule has 1 rings (SSSR count). The van der Waals surface area contributed by atoms with Crippen molar-refractivity contribution >= 4 is 27.9 Å². The van der Waals surface area contributed by atoms with Gasteiger partial charge >= 0.3 is 17.7 Å². The summed E-state index contributed by atoms with van der Waals surface area (Å²) < 4.78 is 13.7. The van der Waals surface area contributed by atoms with E-state index in [1.54, 1.807) is 6.92 Å². The molecule has 7 heteroatoms. The Bertz CT molecular complexity index is 332. The van der Waals surface area contributed by atoms with E-state index in [0.717, 1.165) is 0 Å². The van der Waals surface area contributed by atoms with E-state index in [1.165, 1.54) is 0 Å². The number of hydrogen-bond acceptors (Lipinski definition) is 5. The minimum atomic E-state index is -1.69. The predicted octanol–water partition coefficient (Wildman–Crippen LogP) is 2.24. The molecule has 0 aromatic rings. The van der Waals surface area contributed by atoms with Crippen LogP contribution in [0.1, 0.15) is 27.2 Å². The minimum Gasteiger partial charge on any atom is -0.461 e. The molecule has 2 atom stereocenters. The van der Waals surface area contributed by atoms with Gasteiger partial charge in [0.05, 0.1) is 6.61 Å². The molecule has 0 saturated carbocycles. The molecule has 1 heterocycles. The number of carbonyl (C=O) groups excluding carboxylic acids is 2. The molecule has 0 amide bonds. The van der Waals surface area contributed by atoms with E-state index in [1.807, 2.05) is 13.8 Å². The molecule has 109 valence electrons. The van der Waals surface area contributed by atoms with Gasteiger partial charge in [0.15, 0.2) is 0 Å². The van der Waals surface area contributed by atoms with Gasteiger partial charge in [-0.05, 0) is 12.8 Å². The summed E-state index contributed by atoms with van der Waals surface area (Å²) in [7, 11) is 0. The summed E-state index contributed by atoms with van der Waals surface area (Å²) in [5.41, 5.74) is 0. The van der Waals surface area contributed by atoms with Gasteiger partial charge in [0.1, 0.15) is 4.51 Å². The Morgan fingerprint density at radius 2 is 2.05 bits per heavy atom. The van der Waals surface area contributed by atoms with Gasteiger partial charge in [-0.15, -0.1) is 0 Å². The SMILES string of the molecule is [CH2-]C1(Br)OC(CC(C)C)(C(=O)OCC)OC1=O.[CH3-].[Pr]. The molecule has 0 N–H and O–H groups in total. The smallest absolute Gasteiger partial charge is 0.379 e. The zero-order chi connectivity index (χ0) is 13.3. The topological polar surface area (TPSA) is 61.8 Å². The number of halogens is 1. The van der Waals surface area contributed by atoms with Crippen LogP contribution >= 0.6 is 15.9 Å². The van der Waals surface area contributed by atoms with Crippen molar-refractivity contribution < 1.29 is 65.1 Å². The Labute approximate surface area is 156 Å². The van der Waals surface area contributed by atoms with Gasteiger partial charge in [0.25, 0.3) is 0 Å². The van der Waals surface area contributed by atoms with Crippen molar-refractivity contribution in [3.8, 4) is 0 Å². The van der Waals surface area contributed by atoms with Crippen LogP contribution in [0.25, 0.3) is 0 Å². The first-order chi connectivity index (χ1) is 7.73. The van der Waals surface area contributed by atoms with Crippen molar-refractivity contribution in [2.45, 2.75) is 37.5 Å². The Morgan fingerprint density at radius 3 is 2.37 bits per heavy atom. The van der Waals surface area contributed by atoms with Gasteiger partial charge in [-0.3, -0.25) is 11.7 Å².